The number of hydrogen-bond acceptors (Lipinski definition) is 3. The number of nitrogens with zero attached hydrogens (tertiary/aromatic N) is 3. The SMILES string of the molecule is Cc1cnc(N2CC(C)C2)nc1. The van der Waals surface area contributed by atoms with Gasteiger partial charge in [-0.25, -0.2) is 9.97 Å². The quantitative estimate of drug-likeness (QED) is 0.623. The van der Waals surface area contributed by atoms with E-state index >= 15 is 0 Å². The third kappa shape index (κ3) is 1.26. The summed E-state index contributed by atoms with van der Waals surface area (Å²) < 4.78 is 0. The summed E-state index contributed by atoms with van der Waals surface area (Å²) >= 11 is 0. The van der Waals surface area contributed by atoms with Gasteiger partial charge in [0.15, 0.2) is 0 Å². The molecule has 1 saturated heterocycles. The predicted octanol–water partition coefficient (Wildman–Crippen LogP) is 1.24. The van der Waals surface area contributed by atoms with Gasteiger partial charge in [0.1, 0.15) is 0 Å². The number of aromatic nitrogens is 2. The first-order valence-electron chi connectivity index (χ1n) is 4.29. The van der Waals surface area contributed by atoms with Crippen LogP contribution < -0.4 is 4.90 Å². The summed E-state index contributed by atoms with van der Waals surface area (Å²) in [5, 5.41) is 0. The summed E-state index contributed by atoms with van der Waals surface area (Å²) in [7, 11) is 0. The Morgan fingerprint density at radius 2 is 1.92 bits per heavy atom. The third-order valence-corrected chi connectivity index (χ3v) is 2.11. The van der Waals surface area contributed by atoms with Gasteiger partial charge in [0.05, 0.1) is 0 Å². The van der Waals surface area contributed by atoms with E-state index in [0.717, 1.165) is 30.5 Å². The van der Waals surface area contributed by atoms with Crippen LogP contribution in [-0.2, 0) is 0 Å². The molecule has 3 heteroatoms. The van der Waals surface area contributed by atoms with Gasteiger partial charge in [-0.2, -0.15) is 0 Å². The van der Waals surface area contributed by atoms with Crippen molar-refractivity contribution in [3.05, 3.63) is 18.0 Å². The Balaban J connectivity index is 2.09. The van der Waals surface area contributed by atoms with Crippen LogP contribution >= 0.6 is 0 Å². The van der Waals surface area contributed by atoms with Crippen LogP contribution in [-0.4, -0.2) is 23.1 Å². The van der Waals surface area contributed by atoms with Gasteiger partial charge >= 0.3 is 0 Å². The molecule has 1 aliphatic heterocycles. The molecule has 1 fully saturated rings. The molecule has 12 heavy (non-hydrogen) atoms. The van der Waals surface area contributed by atoms with Crippen molar-refractivity contribution in [3.63, 3.8) is 0 Å². The number of aryl methyl sites for hydroxylation is 1. The molecule has 0 spiro atoms. The standard InChI is InChI=1S/C9H13N3/c1-7-3-10-9(11-4-7)12-5-8(2)6-12/h3-4,8H,5-6H2,1-2H3. The maximum Gasteiger partial charge on any atom is 0.225 e. The van der Waals surface area contributed by atoms with E-state index in [9.17, 15) is 0 Å². The number of rotatable bonds is 1. The van der Waals surface area contributed by atoms with Crippen LogP contribution in [0.4, 0.5) is 5.95 Å². The maximum atomic E-state index is 4.25. The van der Waals surface area contributed by atoms with Crippen molar-refractivity contribution in [3.8, 4) is 0 Å². The monoisotopic (exact) mass is 163 g/mol. The fourth-order valence-electron chi connectivity index (χ4n) is 1.41. The Kier molecular flexibility index (Phi) is 1.71. The molecular weight excluding hydrogens is 150 g/mol. The van der Waals surface area contributed by atoms with Crippen molar-refractivity contribution < 1.29 is 0 Å². The topological polar surface area (TPSA) is 29.0 Å². The average Bonchev–Trinajstić information content (AvgIpc) is 2.01. The maximum absolute atomic E-state index is 4.25. The van der Waals surface area contributed by atoms with E-state index in [0.29, 0.717) is 0 Å². The molecule has 64 valence electrons. The third-order valence-electron chi connectivity index (χ3n) is 2.11. The Labute approximate surface area is 72.4 Å². The normalized spacial score (nSPS) is 17.7. The molecule has 0 bridgehead atoms. The second-order valence-electron chi connectivity index (χ2n) is 3.57. The molecule has 1 aromatic heterocycles. The molecule has 1 aromatic rings. The highest BCUT2D eigenvalue weighted by atomic mass is 15.3. The Bertz CT molecular complexity index is 262. The van der Waals surface area contributed by atoms with E-state index in [2.05, 4.69) is 21.8 Å². The van der Waals surface area contributed by atoms with Crippen molar-refractivity contribution in [2.75, 3.05) is 18.0 Å². The average molecular weight is 163 g/mol. The summed E-state index contributed by atoms with van der Waals surface area (Å²) in [6, 6.07) is 0. The lowest BCUT2D eigenvalue weighted by molar-refractivity contribution is 0.439. The summed E-state index contributed by atoms with van der Waals surface area (Å²) in [6.07, 6.45) is 3.73. The van der Waals surface area contributed by atoms with Gasteiger partial charge in [-0.1, -0.05) is 6.92 Å². The molecule has 1 aliphatic rings. The highest BCUT2D eigenvalue weighted by Crippen LogP contribution is 2.19. The first-order valence-corrected chi connectivity index (χ1v) is 4.29. The van der Waals surface area contributed by atoms with Gasteiger partial charge in [-0.05, 0) is 18.4 Å². The van der Waals surface area contributed by atoms with Crippen LogP contribution in [0.15, 0.2) is 12.4 Å². The van der Waals surface area contributed by atoms with Gasteiger partial charge in [0.2, 0.25) is 5.95 Å². The molecule has 0 unspecified atom stereocenters. The van der Waals surface area contributed by atoms with Crippen molar-refractivity contribution in [1.82, 2.24) is 9.97 Å². The van der Waals surface area contributed by atoms with E-state index in [1.54, 1.807) is 0 Å². The first-order chi connectivity index (χ1) is 5.75. The zero-order valence-electron chi connectivity index (χ0n) is 7.49. The summed E-state index contributed by atoms with van der Waals surface area (Å²) in [4.78, 5) is 10.7. The summed E-state index contributed by atoms with van der Waals surface area (Å²) in [5.41, 5.74) is 1.12. The van der Waals surface area contributed by atoms with Crippen LogP contribution in [0.5, 0.6) is 0 Å². The Hall–Kier alpha value is -1.12. The number of anilines is 1. The summed E-state index contributed by atoms with van der Waals surface area (Å²) in [6.45, 7) is 6.44. The minimum absolute atomic E-state index is 0.801. The number of hydrogen-bond donors (Lipinski definition) is 0. The van der Waals surface area contributed by atoms with E-state index < -0.39 is 0 Å². The highest BCUT2D eigenvalue weighted by molar-refractivity contribution is 5.33. The lowest BCUT2D eigenvalue weighted by Crippen LogP contribution is -2.46. The van der Waals surface area contributed by atoms with Crippen molar-refractivity contribution in [1.29, 1.82) is 0 Å². The Morgan fingerprint density at radius 1 is 1.33 bits per heavy atom. The molecule has 0 N–H and O–H groups in total. The molecule has 2 heterocycles. The second-order valence-corrected chi connectivity index (χ2v) is 3.57. The second kappa shape index (κ2) is 2.73. The largest absolute Gasteiger partial charge is 0.340 e. The highest BCUT2D eigenvalue weighted by Gasteiger charge is 2.24. The fraction of sp³-hybridized carbons (Fsp3) is 0.556. The lowest BCUT2D eigenvalue weighted by atomic mass is 10.0. The van der Waals surface area contributed by atoms with E-state index in [-0.39, 0.29) is 0 Å². The van der Waals surface area contributed by atoms with Gasteiger partial charge in [0, 0.05) is 25.5 Å². The van der Waals surface area contributed by atoms with E-state index in [4.69, 9.17) is 0 Å². The predicted molar refractivity (Wildman–Crippen MR) is 48.1 cm³/mol. The van der Waals surface area contributed by atoms with Crippen molar-refractivity contribution in [2.24, 2.45) is 5.92 Å². The van der Waals surface area contributed by atoms with E-state index in [1.165, 1.54) is 0 Å². The van der Waals surface area contributed by atoms with Crippen molar-refractivity contribution >= 4 is 5.95 Å². The molecular formula is C9H13N3. The van der Waals surface area contributed by atoms with Crippen molar-refractivity contribution in [2.45, 2.75) is 13.8 Å². The molecule has 0 aromatic carbocycles. The molecule has 3 nitrogen and oxygen atoms in total. The summed E-state index contributed by atoms with van der Waals surface area (Å²) in [5.74, 6) is 1.67. The van der Waals surface area contributed by atoms with Gasteiger partial charge in [-0.15, -0.1) is 0 Å². The zero-order valence-corrected chi connectivity index (χ0v) is 7.49. The lowest BCUT2D eigenvalue weighted by Gasteiger charge is -2.36. The minimum atomic E-state index is 0.801. The zero-order chi connectivity index (χ0) is 8.55. The molecule has 2 rings (SSSR count). The van der Waals surface area contributed by atoms with Crippen LogP contribution in [0, 0.1) is 12.8 Å². The fourth-order valence-corrected chi connectivity index (χ4v) is 1.41. The van der Waals surface area contributed by atoms with Gasteiger partial charge in [-0.3, -0.25) is 0 Å². The molecule has 0 amide bonds. The minimum Gasteiger partial charge on any atom is -0.340 e. The molecule has 0 atom stereocenters. The first kappa shape index (κ1) is 7.53. The Morgan fingerprint density at radius 3 is 2.42 bits per heavy atom. The van der Waals surface area contributed by atoms with Gasteiger partial charge < -0.3 is 4.90 Å². The van der Waals surface area contributed by atoms with Crippen LogP contribution in [0.3, 0.4) is 0 Å². The smallest absolute Gasteiger partial charge is 0.225 e. The molecule has 0 aliphatic carbocycles. The van der Waals surface area contributed by atoms with Gasteiger partial charge in [0.25, 0.3) is 0 Å². The van der Waals surface area contributed by atoms with Crippen LogP contribution in [0.25, 0.3) is 0 Å². The van der Waals surface area contributed by atoms with Crippen LogP contribution in [0.1, 0.15) is 12.5 Å². The molecule has 0 radical (unpaired) electrons. The molecule has 0 saturated carbocycles. The van der Waals surface area contributed by atoms with E-state index in [1.807, 2.05) is 19.3 Å². The van der Waals surface area contributed by atoms with Crippen LogP contribution in [0.2, 0.25) is 0 Å².